The molecule has 2 aliphatic heterocycles. The summed E-state index contributed by atoms with van der Waals surface area (Å²) in [4.78, 5) is 27.1. The summed E-state index contributed by atoms with van der Waals surface area (Å²) in [5.41, 5.74) is 4.94. The minimum atomic E-state index is -2.69. The number of halogens is 2. The minimum Gasteiger partial charge on any atom is -0.476 e. The number of anilines is 1. The van der Waals surface area contributed by atoms with Crippen molar-refractivity contribution >= 4 is 23.4 Å². The fourth-order valence-corrected chi connectivity index (χ4v) is 8.25. The molecular formula is C38H42F2N8O3. The van der Waals surface area contributed by atoms with Gasteiger partial charge in [-0.25, -0.2) is 13.6 Å². The van der Waals surface area contributed by atoms with Gasteiger partial charge in [-0.3, -0.25) is 14.9 Å². The van der Waals surface area contributed by atoms with E-state index >= 15 is 0 Å². The van der Waals surface area contributed by atoms with E-state index in [9.17, 15) is 23.8 Å². The zero-order chi connectivity index (χ0) is 35.9. The number of carbonyl (C=O) groups excluding carboxylic acids is 1. The number of aromatic nitrogens is 4. The lowest BCUT2D eigenvalue weighted by Crippen LogP contribution is -2.48. The van der Waals surface area contributed by atoms with E-state index in [4.69, 9.17) is 5.11 Å². The maximum absolute atomic E-state index is 14.5. The highest BCUT2D eigenvalue weighted by molar-refractivity contribution is 6.09. The summed E-state index contributed by atoms with van der Waals surface area (Å²) >= 11 is 0. The van der Waals surface area contributed by atoms with E-state index in [1.807, 2.05) is 11.0 Å². The van der Waals surface area contributed by atoms with Crippen LogP contribution in [0.15, 0.2) is 47.9 Å². The Morgan fingerprint density at radius 2 is 1.90 bits per heavy atom. The zero-order valence-corrected chi connectivity index (χ0v) is 28.9. The molecule has 4 heterocycles. The van der Waals surface area contributed by atoms with Crippen LogP contribution in [0.25, 0.3) is 11.1 Å². The fourth-order valence-electron chi connectivity index (χ4n) is 8.25. The number of carboxylic acids is 1. The summed E-state index contributed by atoms with van der Waals surface area (Å²) in [5, 5.41) is 34.1. The Balaban J connectivity index is 1.05. The molecule has 1 aromatic carbocycles. The Bertz CT molecular complexity index is 1940. The number of rotatable bonds is 6. The van der Waals surface area contributed by atoms with Gasteiger partial charge < -0.3 is 20.2 Å². The average Bonchev–Trinajstić information content (AvgIpc) is 3.55. The number of nitrogens with one attached hydrogen (secondary N) is 2. The predicted molar refractivity (Wildman–Crippen MR) is 187 cm³/mol. The smallest absolute Gasteiger partial charge is 0.356 e. The molecular weight excluding hydrogens is 654 g/mol. The quantitative estimate of drug-likeness (QED) is 0.169. The van der Waals surface area contributed by atoms with Crippen LogP contribution in [-0.4, -0.2) is 73.4 Å². The number of alkyl halides is 2. The molecule has 2 fully saturated rings. The molecule has 1 amide bonds. The summed E-state index contributed by atoms with van der Waals surface area (Å²) in [6, 6.07) is 6.63. The van der Waals surface area contributed by atoms with Gasteiger partial charge >= 0.3 is 5.97 Å². The number of fused-ring (bicyclic) bond motifs is 1. The maximum Gasteiger partial charge on any atom is 0.356 e. The molecule has 2 saturated carbocycles. The van der Waals surface area contributed by atoms with E-state index in [1.165, 1.54) is 6.07 Å². The van der Waals surface area contributed by atoms with Crippen LogP contribution >= 0.6 is 0 Å². The molecule has 3 aromatic rings. The van der Waals surface area contributed by atoms with Crippen LogP contribution in [0.3, 0.4) is 0 Å². The number of amides is 1. The van der Waals surface area contributed by atoms with Gasteiger partial charge in [0.25, 0.3) is 6.43 Å². The van der Waals surface area contributed by atoms with Crippen LogP contribution in [0.1, 0.15) is 92.0 Å². The predicted octanol–water partition coefficient (Wildman–Crippen LogP) is 5.73. The van der Waals surface area contributed by atoms with E-state index in [-0.39, 0.29) is 40.4 Å². The van der Waals surface area contributed by atoms with Crippen molar-refractivity contribution in [1.82, 2.24) is 30.2 Å². The molecule has 0 radical (unpaired) electrons. The maximum atomic E-state index is 14.5. The minimum absolute atomic E-state index is 0.0499. The Morgan fingerprint density at radius 1 is 1.12 bits per heavy atom. The van der Waals surface area contributed by atoms with Crippen molar-refractivity contribution in [3.05, 3.63) is 70.4 Å². The third kappa shape index (κ3) is 7.09. The van der Waals surface area contributed by atoms with Gasteiger partial charge in [-0.05, 0) is 98.1 Å². The summed E-state index contributed by atoms with van der Waals surface area (Å²) in [6.45, 7) is 2.95. The van der Waals surface area contributed by atoms with Crippen molar-refractivity contribution in [2.24, 2.45) is 18.4 Å². The summed E-state index contributed by atoms with van der Waals surface area (Å²) < 4.78 is 30.6. The average molecular weight is 697 g/mol. The first-order valence-electron chi connectivity index (χ1n) is 17.6. The molecule has 4 aliphatic rings. The molecule has 2 aliphatic carbocycles. The molecule has 0 saturated heterocycles. The summed E-state index contributed by atoms with van der Waals surface area (Å²) in [5.74, 6) is 5.71. The van der Waals surface area contributed by atoms with Crippen molar-refractivity contribution < 1.29 is 23.5 Å². The van der Waals surface area contributed by atoms with Crippen molar-refractivity contribution in [2.75, 3.05) is 24.5 Å². The van der Waals surface area contributed by atoms with Gasteiger partial charge in [0.1, 0.15) is 11.5 Å². The lowest BCUT2D eigenvalue weighted by atomic mass is 9.55. The van der Waals surface area contributed by atoms with Gasteiger partial charge in [-0.2, -0.15) is 5.10 Å². The number of carbonyl (C=O) groups is 2. The molecule has 1 spiro atoms. The lowest BCUT2D eigenvalue weighted by molar-refractivity contribution is -0.128. The van der Waals surface area contributed by atoms with E-state index in [2.05, 4.69) is 32.5 Å². The molecule has 266 valence electrons. The molecule has 3 N–H and O–H groups in total. The highest BCUT2D eigenvalue weighted by atomic mass is 19.3. The third-order valence-electron chi connectivity index (χ3n) is 11.0. The summed E-state index contributed by atoms with van der Waals surface area (Å²) in [6.07, 6.45) is 8.94. The topological polar surface area (TPSA) is 140 Å². The van der Waals surface area contributed by atoms with E-state index in [0.29, 0.717) is 48.6 Å². The normalized spacial score (nSPS) is 23.0. The molecule has 0 bridgehead atoms. The first-order valence-corrected chi connectivity index (χ1v) is 17.6. The number of benzene rings is 1. The van der Waals surface area contributed by atoms with E-state index in [1.54, 1.807) is 48.1 Å². The second-order valence-electron chi connectivity index (χ2n) is 14.4. The fraction of sp³-hybridized carbons (Fsp3) is 0.474. The molecule has 7 rings (SSSR count). The van der Waals surface area contributed by atoms with Crippen LogP contribution in [0.4, 0.5) is 14.5 Å². The molecule has 13 heteroatoms. The Labute approximate surface area is 295 Å². The molecule has 51 heavy (non-hydrogen) atoms. The number of aromatic carboxylic acids is 1. The number of hydrogen-bond acceptors (Lipinski definition) is 7. The summed E-state index contributed by atoms with van der Waals surface area (Å²) in [7, 11) is 1.76. The SMILES string of the molecule is CC(=O)N1CCC(NC2CCC3(CC2)CC(C#Cc2ccc(C(=O)O)nn2)C3)=C(C(=N)N2CCCc3cc(-c4cnn(C)c4)c(C(F)F)cc32)C1. The molecule has 0 atom stereocenters. The number of amidine groups is 1. The monoisotopic (exact) mass is 696 g/mol. The first kappa shape index (κ1) is 34.3. The van der Waals surface area contributed by atoms with Gasteiger partial charge in [-0.1, -0.05) is 5.92 Å². The highest BCUT2D eigenvalue weighted by Gasteiger charge is 2.45. The van der Waals surface area contributed by atoms with Gasteiger partial charge in [0.05, 0.1) is 12.7 Å². The van der Waals surface area contributed by atoms with Crippen molar-refractivity contribution in [1.29, 1.82) is 5.41 Å². The molecule has 0 unspecified atom stereocenters. The van der Waals surface area contributed by atoms with Crippen LogP contribution in [-0.2, 0) is 18.3 Å². The highest BCUT2D eigenvalue weighted by Crippen LogP contribution is 2.54. The standard InChI is InChI=1S/C38H42F2N8O3/c1-23(49)47-15-11-32(43-27-9-12-38(13-10-27)18-24(19-38)5-6-28-7-8-33(37(50)51)45-44-28)31(22-47)36(41)48-14-3-4-25-16-29(26-20-42-46(2)21-26)30(35(39)40)17-34(25)48/h7-8,16-17,20-21,24,27,35,41,43H,3-4,9-15,18-19,22H2,1-2H3,(H,50,51). The van der Waals surface area contributed by atoms with Gasteiger partial charge in [-0.15, -0.1) is 10.2 Å². The number of hydrogen-bond donors (Lipinski definition) is 3. The van der Waals surface area contributed by atoms with Crippen LogP contribution in [0, 0.1) is 28.6 Å². The second-order valence-corrected chi connectivity index (χ2v) is 14.4. The van der Waals surface area contributed by atoms with E-state index in [0.717, 1.165) is 68.2 Å². The molecule has 2 aromatic heterocycles. The zero-order valence-electron chi connectivity index (χ0n) is 28.9. The van der Waals surface area contributed by atoms with E-state index < -0.39 is 12.4 Å². The van der Waals surface area contributed by atoms with Gasteiger partial charge in [0.2, 0.25) is 5.91 Å². The first-order chi connectivity index (χ1) is 24.5. The number of nitrogens with zero attached hydrogens (tertiary/aromatic N) is 6. The Kier molecular flexibility index (Phi) is 9.35. The third-order valence-corrected chi connectivity index (χ3v) is 11.0. The molecule has 11 nitrogen and oxygen atoms in total. The van der Waals surface area contributed by atoms with Crippen molar-refractivity contribution in [3.63, 3.8) is 0 Å². The van der Waals surface area contributed by atoms with Gasteiger partial charge in [0, 0.05) is 79.7 Å². The van der Waals surface area contributed by atoms with Crippen molar-refractivity contribution in [2.45, 2.75) is 77.2 Å². The van der Waals surface area contributed by atoms with Crippen molar-refractivity contribution in [3.8, 4) is 23.0 Å². The number of aryl methyl sites for hydroxylation is 2. The van der Waals surface area contributed by atoms with Crippen LogP contribution in [0.2, 0.25) is 0 Å². The lowest BCUT2D eigenvalue weighted by Gasteiger charge is -2.50. The van der Waals surface area contributed by atoms with Gasteiger partial charge in [0.15, 0.2) is 5.69 Å². The second kappa shape index (κ2) is 13.9. The Hall–Kier alpha value is -5.12. The number of carboxylic acid groups (broad SMARTS) is 1. The van der Waals surface area contributed by atoms with Crippen LogP contribution < -0.4 is 10.2 Å². The van der Waals surface area contributed by atoms with Crippen LogP contribution in [0.5, 0.6) is 0 Å². The largest absolute Gasteiger partial charge is 0.476 e. The Morgan fingerprint density at radius 3 is 2.55 bits per heavy atom.